The normalized spacial score (nSPS) is 13.3. The van der Waals surface area contributed by atoms with Gasteiger partial charge in [0.2, 0.25) is 23.0 Å². The molecule has 1 heterocycles. The SMILES string of the molecule is CC(C)n1c2c([n+](C)c1/C=C/c1ccccc1)C(=O)c1ccccc1C2=O. The van der Waals surface area contributed by atoms with Gasteiger partial charge in [0.25, 0.3) is 5.82 Å². The van der Waals surface area contributed by atoms with Gasteiger partial charge in [-0.1, -0.05) is 54.6 Å². The third-order valence-corrected chi connectivity index (χ3v) is 4.98. The van der Waals surface area contributed by atoms with Crippen molar-refractivity contribution >= 4 is 23.7 Å². The Kier molecular flexibility index (Phi) is 4.11. The highest BCUT2D eigenvalue weighted by atomic mass is 16.1. The number of ketones is 2. The average molecular weight is 357 g/mol. The van der Waals surface area contributed by atoms with Crippen molar-refractivity contribution < 1.29 is 14.2 Å². The van der Waals surface area contributed by atoms with E-state index < -0.39 is 0 Å². The molecule has 4 heteroatoms. The van der Waals surface area contributed by atoms with Crippen LogP contribution in [0.15, 0.2) is 54.6 Å². The number of rotatable bonds is 3. The zero-order valence-corrected chi connectivity index (χ0v) is 15.6. The molecule has 1 aromatic heterocycles. The molecule has 0 bridgehead atoms. The van der Waals surface area contributed by atoms with Crippen molar-refractivity contribution in [2.24, 2.45) is 7.05 Å². The van der Waals surface area contributed by atoms with E-state index in [4.69, 9.17) is 0 Å². The Morgan fingerprint density at radius 2 is 1.44 bits per heavy atom. The Morgan fingerprint density at radius 1 is 0.852 bits per heavy atom. The van der Waals surface area contributed by atoms with E-state index in [9.17, 15) is 9.59 Å². The average Bonchev–Trinajstić information content (AvgIpc) is 2.98. The predicted octanol–water partition coefficient (Wildman–Crippen LogP) is 3.84. The highest BCUT2D eigenvalue weighted by Crippen LogP contribution is 2.29. The van der Waals surface area contributed by atoms with E-state index in [0.717, 1.165) is 11.4 Å². The lowest BCUT2D eigenvalue weighted by molar-refractivity contribution is -0.674. The minimum Gasteiger partial charge on any atom is -0.284 e. The van der Waals surface area contributed by atoms with Crippen LogP contribution in [0, 0.1) is 0 Å². The predicted molar refractivity (Wildman–Crippen MR) is 105 cm³/mol. The topological polar surface area (TPSA) is 43.0 Å². The molecule has 0 atom stereocenters. The minimum atomic E-state index is -0.100. The van der Waals surface area contributed by atoms with E-state index >= 15 is 0 Å². The quantitative estimate of drug-likeness (QED) is 0.523. The number of carbonyl (C=O) groups excluding carboxylic acids is 2. The molecule has 3 aromatic rings. The van der Waals surface area contributed by atoms with Crippen LogP contribution in [-0.2, 0) is 7.05 Å². The molecule has 0 unspecified atom stereocenters. The summed E-state index contributed by atoms with van der Waals surface area (Å²) in [7, 11) is 1.85. The van der Waals surface area contributed by atoms with Gasteiger partial charge in [0.05, 0.1) is 13.1 Å². The maximum absolute atomic E-state index is 13.2. The van der Waals surface area contributed by atoms with Crippen LogP contribution in [0.5, 0.6) is 0 Å². The molecule has 0 N–H and O–H groups in total. The molecule has 1 aliphatic rings. The number of fused-ring (bicyclic) bond motifs is 2. The number of hydrogen-bond donors (Lipinski definition) is 0. The van der Waals surface area contributed by atoms with Crippen LogP contribution >= 0.6 is 0 Å². The van der Waals surface area contributed by atoms with E-state index in [2.05, 4.69) is 0 Å². The van der Waals surface area contributed by atoms with Crippen LogP contribution in [0.25, 0.3) is 12.2 Å². The zero-order chi connectivity index (χ0) is 19.1. The first-order valence-electron chi connectivity index (χ1n) is 9.06. The van der Waals surface area contributed by atoms with Gasteiger partial charge < -0.3 is 0 Å². The van der Waals surface area contributed by atoms with Crippen LogP contribution in [0.3, 0.4) is 0 Å². The highest BCUT2D eigenvalue weighted by Gasteiger charge is 2.43. The minimum absolute atomic E-state index is 0.0392. The molecule has 0 saturated carbocycles. The molecule has 0 fully saturated rings. The summed E-state index contributed by atoms with van der Waals surface area (Å²) in [6, 6.07) is 17.1. The van der Waals surface area contributed by atoms with Gasteiger partial charge in [0, 0.05) is 17.2 Å². The molecule has 0 spiro atoms. The first-order chi connectivity index (χ1) is 13.0. The second-order valence-electron chi connectivity index (χ2n) is 7.03. The molecule has 0 amide bonds. The van der Waals surface area contributed by atoms with Crippen LogP contribution in [0.4, 0.5) is 0 Å². The standard InChI is InChI=1S/C23H21N2O2/c1-15(2)25-19(14-13-16-9-5-4-6-10-16)24(3)20-21(25)23(27)18-12-8-7-11-17(18)22(20)26/h4-15H,1-3H3/q+1/b14-13+. The van der Waals surface area contributed by atoms with Crippen LogP contribution in [0.1, 0.15) is 63.4 Å². The summed E-state index contributed by atoms with van der Waals surface area (Å²) >= 11 is 0. The summed E-state index contributed by atoms with van der Waals surface area (Å²) in [5, 5.41) is 0. The lowest BCUT2D eigenvalue weighted by atomic mass is 9.90. The highest BCUT2D eigenvalue weighted by molar-refractivity contribution is 6.26. The fraction of sp³-hybridized carbons (Fsp3) is 0.174. The third kappa shape index (κ3) is 2.65. The van der Waals surface area contributed by atoms with Gasteiger partial charge in [-0.3, -0.25) is 9.59 Å². The molecule has 1 aliphatic carbocycles. The molecule has 4 rings (SSSR count). The number of imidazole rings is 1. The smallest absolute Gasteiger partial charge is 0.282 e. The van der Waals surface area contributed by atoms with Gasteiger partial charge in [-0.05, 0) is 25.5 Å². The van der Waals surface area contributed by atoms with Crippen molar-refractivity contribution in [2.45, 2.75) is 19.9 Å². The lowest BCUT2D eigenvalue weighted by Crippen LogP contribution is -2.39. The van der Waals surface area contributed by atoms with Crippen molar-refractivity contribution in [1.82, 2.24) is 4.57 Å². The van der Waals surface area contributed by atoms with Gasteiger partial charge in [0.1, 0.15) is 0 Å². The zero-order valence-electron chi connectivity index (χ0n) is 15.6. The second kappa shape index (κ2) is 6.47. The van der Waals surface area contributed by atoms with Gasteiger partial charge in [0.15, 0.2) is 0 Å². The van der Waals surface area contributed by atoms with E-state index in [1.54, 1.807) is 24.3 Å². The number of benzene rings is 2. The van der Waals surface area contributed by atoms with E-state index in [0.29, 0.717) is 22.5 Å². The third-order valence-electron chi connectivity index (χ3n) is 4.98. The van der Waals surface area contributed by atoms with Crippen molar-refractivity contribution in [1.29, 1.82) is 0 Å². The lowest BCUT2D eigenvalue weighted by Gasteiger charge is -2.13. The molecule has 0 radical (unpaired) electrons. The summed E-state index contributed by atoms with van der Waals surface area (Å²) in [6.45, 7) is 4.05. The monoisotopic (exact) mass is 357 g/mol. The number of carbonyl (C=O) groups is 2. The second-order valence-corrected chi connectivity index (χ2v) is 7.03. The van der Waals surface area contributed by atoms with Gasteiger partial charge >= 0.3 is 0 Å². The summed E-state index contributed by atoms with van der Waals surface area (Å²) in [5.41, 5.74) is 2.95. The molecular formula is C23H21N2O2+. The van der Waals surface area contributed by atoms with Crippen LogP contribution in [-0.4, -0.2) is 16.1 Å². The van der Waals surface area contributed by atoms with Crippen molar-refractivity contribution in [3.63, 3.8) is 0 Å². The van der Waals surface area contributed by atoms with Crippen molar-refractivity contribution in [2.75, 3.05) is 0 Å². The summed E-state index contributed by atoms with van der Waals surface area (Å²) in [5.74, 6) is 0.633. The maximum atomic E-state index is 13.2. The van der Waals surface area contributed by atoms with Gasteiger partial charge in [-0.2, -0.15) is 0 Å². The Labute approximate surface area is 158 Å². The first-order valence-corrected chi connectivity index (χ1v) is 9.06. The molecule has 0 saturated heterocycles. The van der Waals surface area contributed by atoms with E-state index in [1.165, 1.54) is 0 Å². The summed E-state index contributed by atoms with van der Waals surface area (Å²) < 4.78 is 3.80. The first kappa shape index (κ1) is 17.2. The fourth-order valence-corrected chi connectivity index (χ4v) is 3.72. The Bertz CT molecular complexity index is 1090. The van der Waals surface area contributed by atoms with Crippen LogP contribution < -0.4 is 4.57 Å². The van der Waals surface area contributed by atoms with E-state index in [1.807, 2.05) is 72.5 Å². The molecular weight excluding hydrogens is 336 g/mol. The summed E-state index contributed by atoms with van der Waals surface area (Å²) in [4.78, 5) is 26.3. The molecule has 2 aromatic carbocycles. The van der Waals surface area contributed by atoms with Gasteiger partial charge in [-0.25, -0.2) is 9.13 Å². The molecule has 0 aliphatic heterocycles. The van der Waals surface area contributed by atoms with Crippen LogP contribution in [0.2, 0.25) is 0 Å². The molecule has 134 valence electrons. The molecule has 4 nitrogen and oxygen atoms in total. The number of hydrogen-bond acceptors (Lipinski definition) is 2. The fourth-order valence-electron chi connectivity index (χ4n) is 3.72. The van der Waals surface area contributed by atoms with Crippen molar-refractivity contribution in [3.05, 3.63) is 88.5 Å². The van der Waals surface area contributed by atoms with Crippen molar-refractivity contribution in [3.8, 4) is 0 Å². The van der Waals surface area contributed by atoms with Gasteiger partial charge in [-0.15, -0.1) is 0 Å². The number of aromatic nitrogens is 2. The Morgan fingerprint density at radius 3 is 2.07 bits per heavy atom. The Balaban J connectivity index is 1.94. The Hall–Kier alpha value is -3.27. The molecule has 27 heavy (non-hydrogen) atoms. The number of nitrogens with zero attached hydrogens (tertiary/aromatic N) is 2. The summed E-state index contributed by atoms with van der Waals surface area (Å²) in [6.07, 6.45) is 3.97. The maximum Gasteiger partial charge on any atom is 0.282 e. The largest absolute Gasteiger partial charge is 0.284 e. The van der Waals surface area contributed by atoms with E-state index in [-0.39, 0.29) is 17.6 Å².